The summed E-state index contributed by atoms with van der Waals surface area (Å²) < 4.78 is 11.3. The topological polar surface area (TPSA) is 18.5 Å². The fraction of sp³-hybridized carbons (Fsp3) is 0.917. The average Bonchev–Trinajstić information content (AvgIpc) is 2.01. The van der Waals surface area contributed by atoms with E-state index in [1.54, 1.807) is 0 Å². The maximum Gasteiger partial charge on any atom is 0.0620 e. The fourth-order valence-electron chi connectivity index (χ4n) is 1.92. The van der Waals surface area contributed by atoms with Crippen LogP contribution in [0, 0.1) is 18.8 Å². The van der Waals surface area contributed by atoms with Crippen LogP contribution in [0.1, 0.15) is 40.5 Å². The van der Waals surface area contributed by atoms with E-state index in [4.69, 9.17) is 9.47 Å². The molecule has 2 nitrogen and oxygen atoms in total. The fourth-order valence-corrected chi connectivity index (χ4v) is 1.92. The molecular formula is C12H23O2Y-. The van der Waals surface area contributed by atoms with Crippen LogP contribution in [0.5, 0.6) is 0 Å². The minimum Gasteiger partial charge on any atom is -0.380 e. The van der Waals surface area contributed by atoms with E-state index in [0.717, 1.165) is 12.8 Å². The van der Waals surface area contributed by atoms with Crippen LogP contribution in [-0.2, 0) is 42.2 Å². The molecule has 0 aromatic heterocycles. The molecule has 87 valence electrons. The molecule has 0 aromatic carbocycles. The second kappa shape index (κ2) is 7.37. The predicted octanol–water partition coefficient (Wildman–Crippen LogP) is 3.02. The van der Waals surface area contributed by atoms with Gasteiger partial charge in [-0.1, -0.05) is 27.7 Å². The first-order valence-electron chi connectivity index (χ1n) is 5.63. The second-order valence-electron chi connectivity index (χ2n) is 4.97. The monoisotopic (exact) mass is 288 g/mol. The van der Waals surface area contributed by atoms with Gasteiger partial charge < -0.3 is 9.47 Å². The van der Waals surface area contributed by atoms with Crippen molar-refractivity contribution >= 4 is 0 Å². The number of hydrogen-bond acceptors (Lipinski definition) is 2. The van der Waals surface area contributed by atoms with Crippen LogP contribution in [0.4, 0.5) is 0 Å². The Kier molecular flexibility index (Phi) is 7.87. The summed E-state index contributed by atoms with van der Waals surface area (Å²) in [5.41, 5.74) is 0. The molecule has 0 aromatic rings. The third-order valence-corrected chi connectivity index (χ3v) is 2.64. The Bertz CT molecular complexity index is 169. The maximum atomic E-state index is 5.64. The van der Waals surface area contributed by atoms with Gasteiger partial charge in [0, 0.05) is 45.4 Å². The Morgan fingerprint density at radius 3 is 2.27 bits per heavy atom. The number of rotatable bonds is 3. The van der Waals surface area contributed by atoms with Crippen LogP contribution in [0.25, 0.3) is 0 Å². The molecule has 0 aliphatic carbocycles. The van der Waals surface area contributed by atoms with Gasteiger partial charge in [0.25, 0.3) is 0 Å². The van der Waals surface area contributed by atoms with Gasteiger partial charge >= 0.3 is 0 Å². The van der Waals surface area contributed by atoms with Gasteiger partial charge in [0.1, 0.15) is 0 Å². The molecule has 0 spiro atoms. The van der Waals surface area contributed by atoms with Crippen molar-refractivity contribution in [3.63, 3.8) is 0 Å². The third kappa shape index (κ3) is 5.77. The largest absolute Gasteiger partial charge is 0.380 e. The zero-order valence-corrected chi connectivity index (χ0v) is 13.2. The van der Waals surface area contributed by atoms with E-state index in [9.17, 15) is 0 Å². The normalized spacial score (nSPS) is 31.8. The Balaban J connectivity index is 0.00000196. The van der Waals surface area contributed by atoms with E-state index in [0.29, 0.717) is 24.0 Å². The average molecular weight is 288 g/mol. The van der Waals surface area contributed by atoms with Crippen LogP contribution in [0.3, 0.4) is 0 Å². The van der Waals surface area contributed by atoms with Crippen molar-refractivity contribution in [1.29, 1.82) is 0 Å². The summed E-state index contributed by atoms with van der Waals surface area (Å²) in [6.07, 6.45) is 2.49. The molecule has 3 unspecified atom stereocenters. The summed E-state index contributed by atoms with van der Waals surface area (Å²) in [6.45, 7) is 12.7. The van der Waals surface area contributed by atoms with Gasteiger partial charge in [-0.25, -0.2) is 0 Å². The van der Waals surface area contributed by atoms with Gasteiger partial charge in [0.2, 0.25) is 0 Å². The van der Waals surface area contributed by atoms with E-state index in [1.165, 1.54) is 0 Å². The summed E-state index contributed by atoms with van der Waals surface area (Å²) in [7, 11) is 0. The molecule has 1 saturated heterocycles. The van der Waals surface area contributed by atoms with Crippen LogP contribution < -0.4 is 0 Å². The number of ether oxygens (including phenoxy) is 2. The molecule has 1 heterocycles. The molecule has 1 fully saturated rings. The van der Waals surface area contributed by atoms with Gasteiger partial charge in [-0.05, 0) is 18.3 Å². The van der Waals surface area contributed by atoms with Gasteiger partial charge in [-0.15, -0.1) is 0 Å². The van der Waals surface area contributed by atoms with Crippen LogP contribution in [-0.4, -0.2) is 18.5 Å². The Morgan fingerprint density at radius 1 is 1.20 bits per heavy atom. The first-order chi connectivity index (χ1) is 6.49. The second-order valence-corrected chi connectivity index (χ2v) is 4.97. The quantitative estimate of drug-likeness (QED) is 0.743. The van der Waals surface area contributed by atoms with Crippen molar-refractivity contribution in [1.82, 2.24) is 0 Å². The van der Waals surface area contributed by atoms with Crippen molar-refractivity contribution in [3.8, 4) is 0 Å². The van der Waals surface area contributed by atoms with Crippen LogP contribution in [0.2, 0.25) is 0 Å². The molecular weight excluding hydrogens is 265 g/mol. The molecule has 1 rings (SSSR count). The van der Waals surface area contributed by atoms with E-state index in [1.807, 2.05) is 0 Å². The molecule has 0 N–H and O–H groups in total. The summed E-state index contributed by atoms with van der Waals surface area (Å²) in [5, 5.41) is 0. The molecule has 0 bridgehead atoms. The van der Waals surface area contributed by atoms with E-state index < -0.39 is 0 Å². The Morgan fingerprint density at radius 2 is 1.80 bits per heavy atom. The zero-order valence-electron chi connectivity index (χ0n) is 10.4. The number of hydrogen-bond donors (Lipinski definition) is 0. The van der Waals surface area contributed by atoms with E-state index in [-0.39, 0.29) is 39.0 Å². The third-order valence-electron chi connectivity index (χ3n) is 2.64. The molecule has 3 atom stereocenters. The predicted molar refractivity (Wildman–Crippen MR) is 57.8 cm³/mol. The molecule has 15 heavy (non-hydrogen) atoms. The molecule has 0 amide bonds. The summed E-state index contributed by atoms with van der Waals surface area (Å²) in [5.74, 6) is 1.23. The Labute approximate surface area is 119 Å². The molecule has 0 saturated carbocycles. The summed E-state index contributed by atoms with van der Waals surface area (Å²) in [6, 6.07) is 0. The maximum absolute atomic E-state index is 5.64. The van der Waals surface area contributed by atoms with E-state index in [2.05, 4.69) is 34.6 Å². The molecule has 1 radical (unpaired) electrons. The Hall–Kier alpha value is 1.02. The standard InChI is InChI=1S/C12H23O2.Y/c1-8(2)6-11-7-12(9(3)4)14-10(5)13-11;/h8-12H,5-7H2,1-4H3;/q-1;. The van der Waals surface area contributed by atoms with Gasteiger partial charge in [0.05, 0.1) is 12.2 Å². The van der Waals surface area contributed by atoms with Crippen molar-refractivity contribution in [3.05, 3.63) is 6.92 Å². The van der Waals surface area contributed by atoms with Crippen molar-refractivity contribution in [2.45, 2.75) is 59.0 Å². The minimum absolute atomic E-state index is 0. The molecule has 1 aliphatic rings. The summed E-state index contributed by atoms with van der Waals surface area (Å²) in [4.78, 5) is 0. The van der Waals surface area contributed by atoms with Crippen LogP contribution in [0.15, 0.2) is 0 Å². The van der Waals surface area contributed by atoms with Crippen LogP contribution >= 0.6 is 0 Å². The van der Waals surface area contributed by atoms with E-state index >= 15 is 0 Å². The first-order valence-corrected chi connectivity index (χ1v) is 5.63. The smallest absolute Gasteiger partial charge is 0.0620 e. The first kappa shape index (κ1) is 16.0. The van der Waals surface area contributed by atoms with Crippen molar-refractivity contribution < 1.29 is 42.2 Å². The SMILES string of the molecule is [CH2-]C1OC(CC(C)C)CC(C(C)C)O1.[Y]. The van der Waals surface area contributed by atoms with Gasteiger partial charge in [-0.2, -0.15) is 0 Å². The molecule has 3 heteroatoms. The van der Waals surface area contributed by atoms with Crippen molar-refractivity contribution in [2.24, 2.45) is 11.8 Å². The molecule has 1 aliphatic heterocycles. The van der Waals surface area contributed by atoms with Gasteiger partial charge in [0.15, 0.2) is 0 Å². The minimum atomic E-state index is -0.278. The summed E-state index contributed by atoms with van der Waals surface area (Å²) >= 11 is 0. The zero-order chi connectivity index (χ0) is 10.7. The van der Waals surface area contributed by atoms with Gasteiger partial charge in [-0.3, -0.25) is 6.92 Å². The van der Waals surface area contributed by atoms with Crippen molar-refractivity contribution in [2.75, 3.05) is 0 Å².